The van der Waals surface area contributed by atoms with Crippen molar-refractivity contribution >= 4 is 27.1 Å². The number of benzene rings is 2. The molecule has 0 spiro atoms. The van der Waals surface area contributed by atoms with Crippen LogP contribution in [0.2, 0.25) is 5.02 Å². The van der Waals surface area contributed by atoms with Gasteiger partial charge in [0.2, 0.25) is 0 Å². The minimum absolute atomic E-state index is 0.114. The van der Waals surface area contributed by atoms with Crippen LogP contribution in [0, 0.1) is 0 Å². The summed E-state index contributed by atoms with van der Waals surface area (Å²) in [4.78, 5) is 2.47. The monoisotopic (exact) mass is 321 g/mol. The first-order valence-electron chi connectivity index (χ1n) is 6.87. The van der Waals surface area contributed by atoms with Gasteiger partial charge in [0.05, 0.1) is 10.6 Å². The lowest BCUT2D eigenvalue weighted by molar-refractivity contribution is 0.594. The third-order valence-corrected chi connectivity index (χ3v) is 5.75. The highest BCUT2D eigenvalue weighted by Crippen LogP contribution is 2.27. The molecular weight excluding hydrogens is 306 g/mol. The van der Waals surface area contributed by atoms with E-state index >= 15 is 0 Å². The van der Waals surface area contributed by atoms with E-state index < -0.39 is 9.84 Å². The van der Waals surface area contributed by atoms with Crippen LogP contribution in [0.15, 0.2) is 53.4 Å². The van der Waals surface area contributed by atoms with Crippen LogP contribution >= 0.6 is 11.6 Å². The van der Waals surface area contributed by atoms with Crippen LogP contribution in [0.25, 0.3) is 0 Å². The molecule has 1 aliphatic rings. The summed E-state index contributed by atoms with van der Waals surface area (Å²) in [5, 5.41) is 0.544. The largest absolute Gasteiger partial charge is 0.370 e. The van der Waals surface area contributed by atoms with E-state index in [9.17, 15) is 8.42 Å². The first-order valence-corrected chi connectivity index (χ1v) is 8.90. The SMILES string of the molecule is O=S(=O)(CCN1CCc2ccccc21)c1ccc(Cl)cc1. The molecule has 21 heavy (non-hydrogen) atoms. The third-order valence-electron chi connectivity index (χ3n) is 3.79. The van der Waals surface area contributed by atoms with E-state index in [2.05, 4.69) is 17.0 Å². The molecule has 0 N–H and O–H groups in total. The van der Waals surface area contributed by atoms with Crippen molar-refractivity contribution in [3.8, 4) is 0 Å². The molecule has 5 heteroatoms. The summed E-state index contributed by atoms with van der Waals surface area (Å²) in [6, 6.07) is 14.5. The van der Waals surface area contributed by atoms with Gasteiger partial charge in [-0.05, 0) is 42.3 Å². The Hall–Kier alpha value is -1.52. The fourth-order valence-corrected chi connectivity index (χ4v) is 4.00. The third kappa shape index (κ3) is 3.06. The Morgan fingerprint density at radius 1 is 1.05 bits per heavy atom. The highest BCUT2D eigenvalue weighted by atomic mass is 35.5. The van der Waals surface area contributed by atoms with Crippen molar-refractivity contribution < 1.29 is 8.42 Å². The normalized spacial score (nSPS) is 14.2. The quantitative estimate of drug-likeness (QED) is 0.868. The predicted molar refractivity (Wildman–Crippen MR) is 85.9 cm³/mol. The Balaban J connectivity index is 1.72. The van der Waals surface area contributed by atoms with Gasteiger partial charge in [-0.2, -0.15) is 0 Å². The molecule has 2 aromatic rings. The lowest BCUT2D eigenvalue weighted by atomic mass is 10.2. The Morgan fingerprint density at radius 2 is 1.76 bits per heavy atom. The molecule has 0 saturated heterocycles. The smallest absolute Gasteiger partial charge is 0.180 e. The van der Waals surface area contributed by atoms with Crippen molar-refractivity contribution in [1.29, 1.82) is 0 Å². The van der Waals surface area contributed by atoms with Crippen LogP contribution < -0.4 is 4.90 Å². The molecule has 0 aromatic heterocycles. The van der Waals surface area contributed by atoms with Gasteiger partial charge in [0.1, 0.15) is 0 Å². The van der Waals surface area contributed by atoms with Gasteiger partial charge < -0.3 is 4.90 Å². The highest BCUT2D eigenvalue weighted by Gasteiger charge is 2.21. The van der Waals surface area contributed by atoms with Gasteiger partial charge >= 0.3 is 0 Å². The van der Waals surface area contributed by atoms with Crippen molar-refractivity contribution in [2.45, 2.75) is 11.3 Å². The second-order valence-electron chi connectivity index (χ2n) is 5.14. The maximum absolute atomic E-state index is 12.3. The maximum Gasteiger partial charge on any atom is 0.180 e. The fourth-order valence-electron chi connectivity index (χ4n) is 2.63. The van der Waals surface area contributed by atoms with Crippen LogP contribution in [0.4, 0.5) is 5.69 Å². The van der Waals surface area contributed by atoms with Crippen LogP contribution in [0.3, 0.4) is 0 Å². The van der Waals surface area contributed by atoms with Gasteiger partial charge in [-0.25, -0.2) is 8.42 Å². The number of rotatable bonds is 4. The first-order chi connectivity index (χ1) is 10.1. The standard InChI is InChI=1S/C16H16ClNO2S/c17-14-5-7-15(8-6-14)21(19,20)12-11-18-10-9-13-3-1-2-4-16(13)18/h1-8H,9-12H2. The molecule has 0 atom stereocenters. The van der Waals surface area contributed by atoms with Crippen LogP contribution in [-0.2, 0) is 16.3 Å². The molecule has 0 saturated carbocycles. The van der Waals surface area contributed by atoms with Gasteiger partial charge in [0.15, 0.2) is 9.84 Å². The van der Waals surface area contributed by atoms with Crippen molar-refractivity contribution in [1.82, 2.24) is 0 Å². The molecule has 110 valence electrons. The molecule has 0 amide bonds. The van der Waals surface area contributed by atoms with Gasteiger partial charge in [0.25, 0.3) is 0 Å². The van der Waals surface area contributed by atoms with E-state index in [1.807, 2.05) is 12.1 Å². The summed E-state index contributed by atoms with van der Waals surface area (Å²) >= 11 is 5.80. The van der Waals surface area contributed by atoms with E-state index in [1.54, 1.807) is 24.3 Å². The van der Waals surface area contributed by atoms with Crippen LogP contribution in [0.5, 0.6) is 0 Å². The minimum atomic E-state index is -3.27. The molecule has 0 unspecified atom stereocenters. The number of halogens is 1. The summed E-state index contributed by atoms with van der Waals surface area (Å²) in [6.45, 7) is 1.40. The van der Waals surface area contributed by atoms with Crippen molar-refractivity contribution in [2.24, 2.45) is 0 Å². The summed E-state index contributed by atoms with van der Waals surface area (Å²) in [5.41, 5.74) is 2.45. The van der Waals surface area contributed by atoms with Crippen molar-refractivity contribution in [3.63, 3.8) is 0 Å². The molecule has 0 fully saturated rings. The van der Waals surface area contributed by atoms with E-state index in [4.69, 9.17) is 11.6 Å². The number of para-hydroxylation sites is 1. The Bertz CT molecular complexity index is 741. The number of fused-ring (bicyclic) bond motifs is 1. The zero-order valence-corrected chi connectivity index (χ0v) is 13.1. The lowest BCUT2D eigenvalue weighted by Crippen LogP contribution is -2.27. The van der Waals surface area contributed by atoms with Crippen molar-refractivity contribution in [3.05, 3.63) is 59.1 Å². The molecule has 3 nitrogen and oxygen atoms in total. The molecule has 1 aliphatic heterocycles. The molecule has 2 aromatic carbocycles. The first kappa shape index (κ1) is 14.4. The number of hydrogen-bond acceptors (Lipinski definition) is 3. The van der Waals surface area contributed by atoms with Gasteiger partial charge in [-0.15, -0.1) is 0 Å². The molecule has 0 radical (unpaired) electrons. The molecule has 0 aliphatic carbocycles. The highest BCUT2D eigenvalue weighted by molar-refractivity contribution is 7.91. The minimum Gasteiger partial charge on any atom is -0.370 e. The van der Waals surface area contributed by atoms with Crippen LogP contribution in [0.1, 0.15) is 5.56 Å². The summed E-state index contributed by atoms with van der Waals surface area (Å²) in [5.74, 6) is 0.114. The van der Waals surface area contributed by atoms with Gasteiger partial charge in [-0.3, -0.25) is 0 Å². The van der Waals surface area contributed by atoms with E-state index in [0.717, 1.165) is 18.7 Å². The Kier molecular flexibility index (Phi) is 3.91. The Morgan fingerprint density at radius 3 is 2.52 bits per heavy atom. The lowest BCUT2D eigenvalue weighted by Gasteiger charge is -2.19. The number of anilines is 1. The predicted octanol–water partition coefficient (Wildman–Crippen LogP) is 3.18. The molecule has 1 heterocycles. The molecular formula is C16H16ClNO2S. The molecule has 3 rings (SSSR count). The molecule has 0 bridgehead atoms. The second-order valence-corrected chi connectivity index (χ2v) is 7.68. The average molecular weight is 322 g/mol. The Labute approximate surface area is 130 Å². The van der Waals surface area contributed by atoms with Gasteiger partial charge in [-0.1, -0.05) is 29.8 Å². The summed E-state index contributed by atoms with van der Waals surface area (Å²) in [7, 11) is -3.27. The topological polar surface area (TPSA) is 37.4 Å². The van der Waals surface area contributed by atoms with E-state index in [-0.39, 0.29) is 5.75 Å². The second kappa shape index (κ2) is 5.70. The summed E-state index contributed by atoms with van der Waals surface area (Å²) < 4.78 is 24.7. The van der Waals surface area contributed by atoms with Gasteiger partial charge in [0, 0.05) is 23.8 Å². The van der Waals surface area contributed by atoms with E-state index in [1.165, 1.54) is 5.56 Å². The average Bonchev–Trinajstić information content (AvgIpc) is 2.89. The summed E-state index contributed by atoms with van der Waals surface area (Å²) in [6.07, 6.45) is 0.983. The maximum atomic E-state index is 12.3. The number of nitrogens with zero attached hydrogens (tertiary/aromatic N) is 1. The zero-order chi connectivity index (χ0) is 14.9. The number of hydrogen-bond donors (Lipinski definition) is 0. The number of sulfone groups is 1. The van der Waals surface area contributed by atoms with Crippen LogP contribution in [-0.4, -0.2) is 27.3 Å². The zero-order valence-electron chi connectivity index (χ0n) is 11.5. The fraction of sp³-hybridized carbons (Fsp3) is 0.250. The van der Waals surface area contributed by atoms with E-state index in [0.29, 0.717) is 16.5 Å². The van der Waals surface area contributed by atoms with Crippen molar-refractivity contribution in [2.75, 3.05) is 23.7 Å².